The highest BCUT2D eigenvalue weighted by Crippen LogP contribution is 2.21. The van der Waals surface area contributed by atoms with Gasteiger partial charge in [-0.05, 0) is 18.1 Å². The highest BCUT2D eigenvalue weighted by molar-refractivity contribution is 5.99. The molecule has 1 aromatic rings. The Morgan fingerprint density at radius 2 is 1.95 bits per heavy atom. The summed E-state index contributed by atoms with van der Waals surface area (Å²) < 4.78 is 13.7. The minimum atomic E-state index is -0.387. The Labute approximate surface area is 125 Å². The van der Waals surface area contributed by atoms with Crippen molar-refractivity contribution in [1.29, 1.82) is 0 Å². The van der Waals surface area contributed by atoms with Gasteiger partial charge in [-0.3, -0.25) is 9.69 Å². The minimum Gasteiger partial charge on any atom is -0.385 e. The summed E-state index contributed by atoms with van der Waals surface area (Å²) in [5.41, 5.74) is 0.696. The van der Waals surface area contributed by atoms with Gasteiger partial charge in [0.2, 0.25) is 0 Å². The number of piperazine rings is 1. The van der Waals surface area contributed by atoms with E-state index in [9.17, 15) is 9.18 Å². The topological polar surface area (TPSA) is 35.6 Å². The molecule has 0 atom stereocenters. The zero-order chi connectivity index (χ0) is 15.4. The first-order valence-corrected chi connectivity index (χ1v) is 7.50. The highest BCUT2D eigenvalue weighted by Gasteiger charge is 2.24. The normalized spacial score (nSPS) is 16.3. The van der Waals surface area contributed by atoms with Gasteiger partial charge in [-0.25, -0.2) is 4.39 Å². The number of carbonyl (C=O) groups excluding carboxylic acids is 1. The van der Waals surface area contributed by atoms with Crippen molar-refractivity contribution < 1.29 is 9.18 Å². The molecule has 1 N–H and O–H groups in total. The van der Waals surface area contributed by atoms with Crippen molar-refractivity contribution in [1.82, 2.24) is 9.80 Å². The predicted octanol–water partition coefficient (Wildman–Crippen LogP) is 2.28. The molecule has 4 nitrogen and oxygen atoms in total. The third-order valence-electron chi connectivity index (χ3n) is 3.78. The Kier molecular flexibility index (Phi) is 5.17. The van der Waals surface area contributed by atoms with Gasteiger partial charge in [0, 0.05) is 39.8 Å². The zero-order valence-electron chi connectivity index (χ0n) is 13.0. The number of anilines is 1. The molecule has 0 aliphatic carbocycles. The number of halogens is 1. The Balaban J connectivity index is 2.04. The predicted molar refractivity (Wildman–Crippen MR) is 83.1 cm³/mol. The monoisotopic (exact) mass is 293 g/mol. The molecule has 0 unspecified atom stereocenters. The lowest BCUT2D eigenvalue weighted by atomic mass is 10.1. The first-order valence-electron chi connectivity index (χ1n) is 7.50. The third kappa shape index (κ3) is 3.73. The number of nitrogens with zero attached hydrogens (tertiary/aromatic N) is 2. The van der Waals surface area contributed by atoms with E-state index in [2.05, 4.69) is 24.1 Å². The maximum Gasteiger partial charge on any atom is 0.256 e. The van der Waals surface area contributed by atoms with E-state index in [1.165, 1.54) is 6.07 Å². The van der Waals surface area contributed by atoms with Crippen molar-refractivity contribution in [2.45, 2.75) is 13.8 Å². The molecule has 21 heavy (non-hydrogen) atoms. The number of amides is 1. The van der Waals surface area contributed by atoms with Crippen molar-refractivity contribution in [3.8, 4) is 0 Å². The molecule has 1 aliphatic heterocycles. The Bertz CT molecular complexity index is 496. The van der Waals surface area contributed by atoms with E-state index in [-0.39, 0.29) is 17.4 Å². The number of carbonyl (C=O) groups is 1. The fraction of sp³-hybridized carbons (Fsp3) is 0.562. The van der Waals surface area contributed by atoms with Crippen LogP contribution in [-0.2, 0) is 0 Å². The summed E-state index contributed by atoms with van der Waals surface area (Å²) in [5, 5.41) is 2.79. The SMILES string of the molecule is CNc1c(F)cccc1C(=O)N1CCN(CC(C)C)CC1. The average Bonchev–Trinajstić information content (AvgIpc) is 2.46. The Morgan fingerprint density at radius 3 is 2.52 bits per heavy atom. The molecule has 0 saturated carbocycles. The van der Waals surface area contributed by atoms with Crippen LogP contribution >= 0.6 is 0 Å². The lowest BCUT2D eigenvalue weighted by molar-refractivity contribution is 0.0624. The van der Waals surface area contributed by atoms with Gasteiger partial charge in [0.05, 0.1) is 11.3 Å². The van der Waals surface area contributed by atoms with Gasteiger partial charge >= 0.3 is 0 Å². The molecule has 5 heteroatoms. The van der Waals surface area contributed by atoms with E-state index in [4.69, 9.17) is 0 Å². The van der Waals surface area contributed by atoms with Crippen LogP contribution in [0.4, 0.5) is 10.1 Å². The van der Waals surface area contributed by atoms with Crippen LogP contribution in [0.25, 0.3) is 0 Å². The molecule has 0 radical (unpaired) electrons. The van der Waals surface area contributed by atoms with Crippen LogP contribution in [0.15, 0.2) is 18.2 Å². The van der Waals surface area contributed by atoms with E-state index >= 15 is 0 Å². The average molecular weight is 293 g/mol. The second-order valence-corrected chi connectivity index (χ2v) is 5.90. The molecule has 1 saturated heterocycles. The van der Waals surface area contributed by atoms with Crippen LogP contribution in [-0.4, -0.2) is 55.5 Å². The Morgan fingerprint density at radius 1 is 1.29 bits per heavy atom. The van der Waals surface area contributed by atoms with Gasteiger partial charge in [0.25, 0.3) is 5.91 Å². The molecule has 1 aliphatic rings. The highest BCUT2D eigenvalue weighted by atomic mass is 19.1. The van der Waals surface area contributed by atoms with Crippen LogP contribution in [0.2, 0.25) is 0 Å². The van der Waals surface area contributed by atoms with Crippen molar-refractivity contribution in [2.75, 3.05) is 45.1 Å². The fourth-order valence-corrected chi connectivity index (χ4v) is 2.78. The van der Waals surface area contributed by atoms with Crippen LogP contribution in [0, 0.1) is 11.7 Å². The van der Waals surface area contributed by atoms with Gasteiger partial charge in [-0.15, -0.1) is 0 Å². The summed E-state index contributed by atoms with van der Waals surface area (Å²) in [6, 6.07) is 4.62. The van der Waals surface area contributed by atoms with Crippen LogP contribution in [0.1, 0.15) is 24.2 Å². The van der Waals surface area contributed by atoms with Gasteiger partial charge in [-0.2, -0.15) is 0 Å². The second kappa shape index (κ2) is 6.89. The van der Waals surface area contributed by atoms with E-state index in [1.807, 2.05) is 4.90 Å². The number of benzene rings is 1. The number of hydrogen-bond acceptors (Lipinski definition) is 3. The van der Waals surface area contributed by atoms with Gasteiger partial charge in [0.1, 0.15) is 5.82 Å². The van der Waals surface area contributed by atoms with Gasteiger partial charge in [-0.1, -0.05) is 19.9 Å². The van der Waals surface area contributed by atoms with Crippen molar-refractivity contribution in [3.05, 3.63) is 29.6 Å². The van der Waals surface area contributed by atoms with Gasteiger partial charge in [0.15, 0.2) is 0 Å². The van der Waals surface area contributed by atoms with Crippen molar-refractivity contribution in [3.63, 3.8) is 0 Å². The maximum atomic E-state index is 13.7. The molecule has 0 aromatic heterocycles. The number of hydrogen-bond donors (Lipinski definition) is 1. The quantitative estimate of drug-likeness (QED) is 0.925. The summed E-state index contributed by atoms with van der Waals surface area (Å²) in [6.45, 7) is 8.62. The lowest BCUT2D eigenvalue weighted by Crippen LogP contribution is -2.49. The third-order valence-corrected chi connectivity index (χ3v) is 3.78. The maximum absolute atomic E-state index is 13.7. The number of rotatable bonds is 4. The second-order valence-electron chi connectivity index (χ2n) is 5.90. The summed E-state index contributed by atoms with van der Waals surface area (Å²) in [5.74, 6) is 0.149. The molecule has 2 rings (SSSR count). The van der Waals surface area contributed by atoms with Crippen molar-refractivity contribution >= 4 is 11.6 Å². The summed E-state index contributed by atoms with van der Waals surface area (Å²) in [6.07, 6.45) is 0. The van der Waals surface area contributed by atoms with Crippen LogP contribution in [0.5, 0.6) is 0 Å². The molecule has 116 valence electrons. The molecular formula is C16H24FN3O. The summed E-state index contributed by atoms with van der Waals surface area (Å²) in [4.78, 5) is 16.7. The van der Waals surface area contributed by atoms with Gasteiger partial charge < -0.3 is 10.2 Å². The first kappa shape index (κ1) is 15.8. The summed E-state index contributed by atoms with van der Waals surface area (Å²) in [7, 11) is 1.63. The van der Waals surface area contributed by atoms with E-state index in [1.54, 1.807) is 19.2 Å². The molecule has 1 amide bonds. The number of para-hydroxylation sites is 1. The standard InChI is InChI=1S/C16H24FN3O/c1-12(2)11-19-7-9-20(10-8-19)16(21)13-5-4-6-14(17)15(13)18-3/h4-6,12,18H,7-11H2,1-3H3. The smallest absolute Gasteiger partial charge is 0.256 e. The summed E-state index contributed by atoms with van der Waals surface area (Å²) >= 11 is 0. The largest absolute Gasteiger partial charge is 0.385 e. The Hall–Kier alpha value is -1.62. The van der Waals surface area contributed by atoms with Crippen molar-refractivity contribution in [2.24, 2.45) is 5.92 Å². The molecule has 0 spiro atoms. The first-order chi connectivity index (χ1) is 10.0. The zero-order valence-corrected chi connectivity index (χ0v) is 13.0. The van der Waals surface area contributed by atoms with E-state index in [0.717, 1.165) is 19.6 Å². The lowest BCUT2D eigenvalue weighted by Gasteiger charge is -2.35. The molecule has 1 heterocycles. The molecule has 1 aromatic carbocycles. The molecular weight excluding hydrogens is 269 g/mol. The number of nitrogens with one attached hydrogen (secondary N) is 1. The molecule has 0 bridgehead atoms. The fourth-order valence-electron chi connectivity index (χ4n) is 2.78. The molecule has 1 fully saturated rings. The minimum absolute atomic E-state index is 0.0944. The van der Waals surface area contributed by atoms with Crippen LogP contribution < -0.4 is 5.32 Å². The van der Waals surface area contributed by atoms with E-state index < -0.39 is 0 Å². The van der Waals surface area contributed by atoms with E-state index in [0.29, 0.717) is 24.6 Å². The van der Waals surface area contributed by atoms with Crippen LogP contribution in [0.3, 0.4) is 0 Å².